The van der Waals surface area contributed by atoms with Crippen molar-refractivity contribution in [3.63, 3.8) is 0 Å². The van der Waals surface area contributed by atoms with Crippen LogP contribution < -0.4 is 10.9 Å². The van der Waals surface area contributed by atoms with Crippen LogP contribution in [0.5, 0.6) is 0 Å². The number of nitrogens with one attached hydrogen (secondary N) is 1. The van der Waals surface area contributed by atoms with E-state index < -0.39 is 0 Å². The summed E-state index contributed by atoms with van der Waals surface area (Å²) in [5.74, 6) is 0.781. The van der Waals surface area contributed by atoms with Gasteiger partial charge in [-0.15, -0.1) is 0 Å². The summed E-state index contributed by atoms with van der Waals surface area (Å²) in [5.41, 5.74) is 0.300. The SMILES string of the molecule is O=c1c(NC2CCCCC2CO)c(Cl)cnn1CC1CC1. The van der Waals surface area contributed by atoms with Crippen molar-refractivity contribution < 1.29 is 5.11 Å². The topological polar surface area (TPSA) is 67.2 Å². The average Bonchev–Trinajstić information content (AvgIpc) is 3.31. The van der Waals surface area contributed by atoms with Gasteiger partial charge in [-0.1, -0.05) is 24.4 Å². The molecule has 2 atom stereocenters. The van der Waals surface area contributed by atoms with E-state index in [0.717, 1.165) is 25.7 Å². The molecule has 0 saturated heterocycles. The van der Waals surface area contributed by atoms with Crippen molar-refractivity contribution in [1.29, 1.82) is 0 Å². The first-order chi connectivity index (χ1) is 10.2. The number of rotatable bonds is 5. The van der Waals surface area contributed by atoms with Gasteiger partial charge >= 0.3 is 0 Å². The molecule has 21 heavy (non-hydrogen) atoms. The number of aliphatic hydroxyl groups is 1. The monoisotopic (exact) mass is 311 g/mol. The predicted molar refractivity (Wildman–Crippen MR) is 82.7 cm³/mol. The van der Waals surface area contributed by atoms with Gasteiger partial charge in [0, 0.05) is 25.1 Å². The van der Waals surface area contributed by atoms with Gasteiger partial charge in [0.05, 0.1) is 11.2 Å². The lowest BCUT2D eigenvalue weighted by atomic mass is 9.85. The first kappa shape index (κ1) is 14.9. The zero-order valence-electron chi connectivity index (χ0n) is 12.1. The summed E-state index contributed by atoms with van der Waals surface area (Å²) in [6, 6.07) is 0.116. The maximum atomic E-state index is 12.5. The third-order valence-corrected chi connectivity index (χ3v) is 4.89. The molecule has 1 aromatic heterocycles. The lowest BCUT2D eigenvalue weighted by Crippen LogP contribution is -2.37. The van der Waals surface area contributed by atoms with E-state index in [1.54, 1.807) is 6.20 Å². The van der Waals surface area contributed by atoms with E-state index in [0.29, 0.717) is 23.2 Å². The molecular formula is C15H22ClN3O2. The molecule has 0 aromatic carbocycles. The van der Waals surface area contributed by atoms with Crippen LogP contribution in [0.2, 0.25) is 5.02 Å². The molecular weight excluding hydrogens is 290 g/mol. The van der Waals surface area contributed by atoms with E-state index in [9.17, 15) is 9.90 Å². The molecule has 116 valence electrons. The van der Waals surface area contributed by atoms with Crippen molar-refractivity contribution >= 4 is 17.3 Å². The van der Waals surface area contributed by atoms with Crippen LogP contribution in [0.15, 0.2) is 11.0 Å². The highest BCUT2D eigenvalue weighted by atomic mass is 35.5. The fourth-order valence-electron chi connectivity index (χ4n) is 3.08. The highest BCUT2D eigenvalue weighted by Crippen LogP contribution is 2.31. The first-order valence-corrected chi connectivity index (χ1v) is 8.20. The summed E-state index contributed by atoms with van der Waals surface area (Å²) in [6.45, 7) is 0.829. The molecule has 0 radical (unpaired) electrons. The van der Waals surface area contributed by atoms with Crippen molar-refractivity contribution in [2.75, 3.05) is 11.9 Å². The minimum atomic E-state index is -0.142. The molecule has 1 aromatic rings. The second-order valence-corrected chi connectivity index (χ2v) is 6.68. The molecule has 2 aliphatic carbocycles. The molecule has 5 nitrogen and oxygen atoms in total. The van der Waals surface area contributed by atoms with Crippen molar-refractivity contribution in [2.24, 2.45) is 11.8 Å². The highest BCUT2D eigenvalue weighted by molar-refractivity contribution is 6.33. The number of aliphatic hydroxyl groups excluding tert-OH is 1. The molecule has 0 spiro atoms. The Morgan fingerprint density at radius 1 is 1.33 bits per heavy atom. The van der Waals surface area contributed by atoms with Gasteiger partial charge in [-0.05, 0) is 31.6 Å². The van der Waals surface area contributed by atoms with Gasteiger partial charge in [-0.3, -0.25) is 4.79 Å². The molecule has 2 saturated carbocycles. The molecule has 0 bridgehead atoms. The third kappa shape index (κ3) is 3.40. The molecule has 1 heterocycles. The molecule has 2 unspecified atom stereocenters. The zero-order valence-corrected chi connectivity index (χ0v) is 12.9. The first-order valence-electron chi connectivity index (χ1n) is 7.82. The van der Waals surface area contributed by atoms with Crippen LogP contribution in [-0.2, 0) is 6.54 Å². The third-order valence-electron chi connectivity index (χ3n) is 4.60. The van der Waals surface area contributed by atoms with Gasteiger partial charge in [0.15, 0.2) is 0 Å². The van der Waals surface area contributed by atoms with Crippen LogP contribution in [-0.4, -0.2) is 27.5 Å². The fraction of sp³-hybridized carbons (Fsp3) is 0.733. The molecule has 2 aliphatic rings. The number of aromatic nitrogens is 2. The van der Waals surface area contributed by atoms with Crippen molar-refractivity contribution in [3.05, 3.63) is 21.6 Å². The second kappa shape index (κ2) is 6.36. The van der Waals surface area contributed by atoms with E-state index in [1.165, 1.54) is 17.5 Å². The Bertz CT molecular complexity index is 556. The Kier molecular flexibility index (Phi) is 4.50. The Labute approximate surface area is 129 Å². The maximum absolute atomic E-state index is 12.5. The van der Waals surface area contributed by atoms with Gasteiger partial charge in [-0.2, -0.15) is 5.10 Å². The van der Waals surface area contributed by atoms with E-state index in [1.807, 2.05) is 0 Å². The number of hydrogen-bond acceptors (Lipinski definition) is 4. The summed E-state index contributed by atoms with van der Waals surface area (Å²) in [6.07, 6.45) is 8.11. The van der Waals surface area contributed by atoms with Gasteiger partial charge in [-0.25, -0.2) is 4.68 Å². The highest BCUT2D eigenvalue weighted by Gasteiger charge is 2.27. The number of anilines is 1. The van der Waals surface area contributed by atoms with Crippen LogP contribution in [0.4, 0.5) is 5.69 Å². The van der Waals surface area contributed by atoms with Crippen LogP contribution in [0.1, 0.15) is 38.5 Å². The van der Waals surface area contributed by atoms with Crippen LogP contribution in [0.3, 0.4) is 0 Å². The molecule has 0 amide bonds. The van der Waals surface area contributed by atoms with E-state index in [4.69, 9.17) is 11.6 Å². The van der Waals surface area contributed by atoms with Gasteiger partial charge < -0.3 is 10.4 Å². The smallest absolute Gasteiger partial charge is 0.291 e. The normalized spacial score (nSPS) is 25.8. The summed E-state index contributed by atoms with van der Waals surface area (Å²) in [5, 5.41) is 17.3. The number of halogens is 1. The minimum absolute atomic E-state index is 0.116. The maximum Gasteiger partial charge on any atom is 0.291 e. The fourth-order valence-corrected chi connectivity index (χ4v) is 3.25. The summed E-state index contributed by atoms with van der Waals surface area (Å²) >= 11 is 6.16. The Balaban J connectivity index is 1.81. The van der Waals surface area contributed by atoms with Crippen LogP contribution >= 0.6 is 11.6 Å². The molecule has 2 N–H and O–H groups in total. The lowest BCUT2D eigenvalue weighted by Gasteiger charge is -2.31. The summed E-state index contributed by atoms with van der Waals surface area (Å²) in [7, 11) is 0. The van der Waals surface area contributed by atoms with Gasteiger partial charge in [0.2, 0.25) is 0 Å². The Morgan fingerprint density at radius 3 is 2.81 bits per heavy atom. The number of nitrogens with zero attached hydrogens (tertiary/aromatic N) is 2. The van der Waals surface area contributed by atoms with Crippen LogP contribution in [0, 0.1) is 11.8 Å². The number of hydrogen-bond donors (Lipinski definition) is 2. The van der Waals surface area contributed by atoms with Gasteiger partial charge in [0.1, 0.15) is 5.69 Å². The van der Waals surface area contributed by atoms with E-state index in [2.05, 4.69) is 10.4 Å². The Morgan fingerprint density at radius 2 is 2.10 bits per heavy atom. The van der Waals surface area contributed by atoms with Gasteiger partial charge in [0.25, 0.3) is 5.56 Å². The minimum Gasteiger partial charge on any atom is -0.396 e. The Hall–Kier alpha value is -1.07. The second-order valence-electron chi connectivity index (χ2n) is 6.28. The lowest BCUT2D eigenvalue weighted by molar-refractivity contribution is 0.178. The van der Waals surface area contributed by atoms with Crippen molar-refractivity contribution in [3.8, 4) is 0 Å². The van der Waals surface area contributed by atoms with Crippen LogP contribution in [0.25, 0.3) is 0 Å². The molecule has 2 fully saturated rings. The van der Waals surface area contributed by atoms with Crippen molar-refractivity contribution in [2.45, 2.75) is 51.1 Å². The summed E-state index contributed by atoms with van der Waals surface area (Å²) < 4.78 is 1.52. The molecule has 0 aliphatic heterocycles. The van der Waals surface area contributed by atoms with E-state index >= 15 is 0 Å². The molecule has 3 rings (SSSR count). The average molecular weight is 312 g/mol. The largest absolute Gasteiger partial charge is 0.396 e. The summed E-state index contributed by atoms with van der Waals surface area (Å²) in [4.78, 5) is 12.5. The quantitative estimate of drug-likeness (QED) is 0.875. The van der Waals surface area contributed by atoms with Crippen molar-refractivity contribution in [1.82, 2.24) is 9.78 Å². The molecule has 6 heteroatoms. The zero-order chi connectivity index (χ0) is 14.8. The standard InChI is InChI=1S/C15H22ClN3O2/c16-12-7-17-19(8-10-5-6-10)15(21)14(12)18-13-4-2-1-3-11(13)9-20/h7,10-11,13,18,20H,1-6,8-9H2. The van der Waals surface area contributed by atoms with E-state index in [-0.39, 0.29) is 24.1 Å². The predicted octanol–water partition coefficient (Wildman–Crippen LogP) is 2.27.